The summed E-state index contributed by atoms with van der Waals surface area (Å²) in [4.78, 5) is 60.6. The second-order valence-electron chi connectivity index (χ2n) is 8.39. The lowest BCUT2D eigenvalue weighted by Crippen LogP contribution is -2.57. The van der Waals surface area contributed by atoms with Crippen LogP contribution in [0.3, 0.4) is 0 Å². The number of aromatic nitrogens is 2. The number of nitrogens with two attached hydrogens (primary N) is 3. The Morgan fingerprint density at radius 2 is 1.63 bits per heavy atom. The number of guanidine groups is 1. The number of carbonyl (C=O) groups is 4. The van der Waals surface area contributed by atoms with E-state index in [1.54, 1.807) is 0 Å². The van der Waals surface area contributed by atoms with Crippen molar-refractivity contribution in [3.05, 3.63) is 48.0 Å². The summed E-state index contributed by atoms with van der Waals surface area (Å²) in [5.41, 5.74) is 17.1. The molecule has 206 valence electrons. The van der Waals surface area contributed by atoms with Gasteiger partial charge in [0.15, 0.2) is 5.96 Å². The number of aromatic amines is 1. The van der Waals surface area contributed by atoms with Crippen LogP contribution in [-0.4, -0.2) is 81.0 Å². The Kier molecular flexibility index (Phi) is 11.5. The van der Waals surface area contributed by atoms with Crippen molar-refractivity contribution in [1.82, 2.24) is 25.9 Å². The molecule has 0 saturated heterocycles. The fourth-order valence-electron chi connectivity index (χ4n) is 3.46. The first-order valence-electron chi connectivity index (χ1n) is 11.7. The third kappa shape index (κ3) is 10.1. The third-order valence-corrected chi connectivity index (χ3v) is 5.39. The predicted octanol–water partition coefficient (Wildman–Crippen LogP) is -2.55. The Morgan fingerprint density at radius 1 is 0.974 bits per heavy atom. The van der Waals surface area contributed by atoms with Crippen molar-refractivity contribution < 1.29 is 29.4 Å². The topological polar surface area (TPSA) is 264 Å². The molecule has 0 radical (unpaired) electrons. The van der Waals surface area contributed by atoms with Gasteiger partial charge in [0.25, 0.3) is 0 Å². The molecule has 1 heterocycles. The van der Waals surface area contributed by atoms with E-state index < -0.39 is 41.8 Å². The minimum absolute atomic E-state index is 0.0153. The smallest absolute Gasteiger partial charge is 0.326 e. The van der Waals surface area contributed by atoms with Gasteiger partial charge < -0.3 is 48.3 Å². The molecule has 0 fully saturated rings. The molecule has 3 amide bonds. The van der Waals surface area contributed by atoms with E-state index in [0.717, 1.165) is 0 Å². The fraction of sp³-hybridized carbons (Fsp3) is 0.391. The number of hydrogen-bond acceptors (Lipinski definition) is 8. The molecule has 2 rings (SSSR count). The number of carbonyl (C=O) groups excluding carboxylic acids is 3. The zero-order chi connectivity index (χ0) is 28.1. The number of H-pyrrole nitrogens is 1. The predicted molar refractivity (Wildman–Crippen MR) is 136 cm³/mol. The number of amides is 3. The van der Waals surface area contributed by atoms with E-state index in [1.807, 2.05) is 0 Å². The van der Waals surface area contributed by atoms with Crippen molar-refractivity contribution >= 4 is 29.7 Å². The van der Waals surface area contributed by atoms with E-state index in [2.05, 4.69) is 30.9 Å². The zero-order valence-electron chi connectivity index (χ0n) is 20.6. The van der Waals surface area contributed by atoms with E-state index in [0.29, 0.717) is 17.7 Å². The van der Waals surface area contributed by atoms with Crippen LogP contribution in [0.25, 0.3) is 0 Å². The highest BCUT2D eigenvalue weighted by Crippen LogP contribution is 2.12. The van der Waals surface area contributed by atoms with Gasteiger partial charge in [0.05, 0.1) is 12.9 Å². The van der Waals surface area contributed by atoms with E-state index in [9.17, 15) is 29.4 Å². The molecular formula is C23H33N9O6. The lowest BCUT2D eigenvalue weighted by atomic mass is 10.0. The number of nitrogens with zero attached hydrogens (tertiary/aromatic N) is 2. The average Bonchev–Trinajstić information content (AvgIpc) is 3.39. The number of imidazole rings is 1. The molecule has 15 heteroatoms. The lowest BCUT2D eigenvalue weighted by Gasteiger charge is -2.24. The maximum atomic E-state index is 13.2. The van der Waals surface area contributed by atoms with E-state index in [1.165, 1.54) is 36.8 Å². The fourth-order valence-corrected chi connectivity index (χ4v) is 3.46. The van der Waals surface area contributed by atoms with Gasteiger partial charge in [-0.15, -0.1) is 0 Å². The Hall–Kier alpha value is -4.66. The lowest BCUT2D eigenvalue weighted by molar-refractivity contribution is -0.142. The minimum atomic E-state index is -1.32. The first kappa shape index (κ1) is 29.6. The van der Waals surface area contributed by atoms with Gasteiger partial charge in [-0.05, 0) is 30.5 Å². The number of benzene rings is 1. The monoisotopic (exact) mass is 531 g/mol. The highest BCUT2D eigenvalue weighted by Gasteiger charge is 2.30. The highest BCUT2D eigenvalue weighted by atomic mass is 16.4. The Balaban J connectivity index is 2.18. The number of phenols is 1. The van der Waals surface area contributed by atoms with E-state index in [-0.39, 0.29) is 44.1 Å². The van der Waals surface area contributed by atoms with Crippen LogP contribution in [0.2, 0.25) is 0 Å². The van der Waals surface area contributed by atoms with Crippen LogP contribution in [0.4, 0.5) is 0 Å². The van der Waals surface area contributed by atoms with Gasteiger partial charge >= 0.3 is 5.97 Å². The van der Waals surface area contributed by atoms with Gasteiger partial charge in [-0.3, -0.25) is 19.4 Å². The number of aliphatic imine (C=N–C) groups is 1. The van der Waals surface area contributed by atoms with Gasteiger partial charge in [-0.25, -0.2) is 9.78 Å². The second kappa shape index (κ2) is 14.8. The van der Waals surface area contributed by atoms with Crippen molar-refractivity contribution in [2.45, 2.75) is 43.8 Å². The summed E-state index contributed by atoms with van der Waals surface area (Å²) >= 11 is 0. The molecule has 0 saturated carbocycles. The largest absolute Gasteiger partial charge is 0.508 e. The molecule has 1 aromatic carbocycles. The standard InChI is InChI=1S/C23H33N9O6/c24-10-19(34)30-16(2-1-7-28-23(25)26)20(35)31-17(9-14-11-27-12-29-14)21(36)32-18(22(37)38)8-13-3-5-15(33)6-4-13/h3-6,11-12,16-18,33H,1-2,7-10,24H2,(H,27,29)(H,30,34)(H,31,35)(H,32,36)(H,37,38)(H4,25,26,28). The molecule has 3 atom stereocenters. The van der Waals surface area contributed by atoms with Crippen LogP contribution in [0.15, 0.2) is 41.8 Å². The Bertz CT molecular complexity index is 1100. The molecule has 0 aliphatic carbocycles. The van der Waals surface area contributed by atoms with Gasteiger partial charge in [-0.1, -0.05) is 12.1 Å². The molecule has 2 aromatic rings. The van der Waals surface area contributed by atoms with Crippen molar-refractivity contribution in [2.75, 3.05) is 13.1 Å². The second-order valence-corrected chi connectivity index (χ2v) is 8.39. The molecule has 0 aliphatic heterocycles. The first-order valence-corrected chi connectivity index (χ1v) is 11.7. The highest BCUT2D eigenvalue weighted by molar-refractivity contribution is 5.93. The average molecular weight is 532 g/mol. The number of aliphatic carboxylic acids is 1. The summed E-state index contributed by atoms with van der Waals surface area (Å²) in [6.45, 7) is -0.145. The normalized spacial score (nSPS) is 13.0. The zero-order valence-corrected chi connectivity index (χ0v) is 20.6. The summed E-state index contributed by atoms with van der Waals surface area (Å²) in [6, 6.07) is 2.30. The molecule has 0 spiro atoms. The quantitative estimate of drug-likeness (QED) is 0.0659. The number of aromatic hydroxyl groups is 1. The van der Waals surface area contributed by atoms with Gasteiger partial charge in [0.1, 0.15) is 23.9 Å². The molecule has 1 aromatic heterocycles. The van der Waals surface area contributed by atoms with Crippen LogP contribution < -0.4 is 33.2 Å². The molecule has 38 heavy (non-hydrogen) atoms. The maximum Gasteiger partial charge on any atom is 0.326 e. The molecular weight excluding hydrogens is 498 g/mol. The molecule has 3 unspecified atom stereocenters. The number of carboxylic acid groups (broad SMARTS) is 1. The Labute approximate surface area is 218 Å². The number of phenolic OH excluding ortho intramolecular Hbond substituents is 1. The van der Waals surface area contributed by atoms with Crippen molar-refractivity contribution in [3.8, 4) is 5.75 Å². The van der Waals surface area contributed by atoms with E-state index in [4.69, 9.17) is 17.2 Å². The molecule has 0 aliphatic rings. The summed E-state index contributed by atoms with van der Waals surface area (Å²) in [5, 5.41) is 26.7. The number of hydrogen-bond donors (Lipinski definition) is 9. The summed E-state index contributed by atoms with van der Waals surface area (Å²) in [5.74, 6) is -3.41. The van der Waals surface area contributed by atoms with Crippen LogP contribution >= 0.6 is 0 Å². The van der Waals surface area contributed by atoms with Crippen LogP contribution in [0.5, 0.6) is 5.75 Å². The molecule has 12 N–H and O–H groups in total. The van der Waals surface area contributed by atoms with E-state index >= 15 is 0 Å². The van der Waals surface area contributed by atoms with Crippen LogP contribution in [-0.2, 0) is 32.0 Å². The third-order valence-electron chi connectivity index (χ3n) is 5.39. The Morgan fingerprint density at radius 3 is 2.21 bits per heavy atom. The van der Waals surface area contributed by atoms with Gasteiger partial charge in [-0.2, -0.15) is 0 Å². The minimum Gasteiger partial charge on any atom is -0.508 e. The van der Waals surface area contributed by atoms with Crippen LogP contribution in [0.1, 0.15) is 24.1 Å². The SMILES string of the molecule is NCC(=O)NC(CCCN=C(N)N)C(=O)NC(Cc1cnc[nH]1)C(=O)NC(Cc1ccc(O)cc1)C(=O)O. The maximum absolute atomic E-state index is 13.2. The number of nitrogens with one attached hydrogen (secondary N) is 4. The number of rotatable bonds is 15. The number of carboxylic acids is 1. The summed E-state index contributed by atoms with van der Waals surface area (Å²) < 4.78 is 0. The first-order chi connectivity index (χ1) is 18.1. The van der Waals surface area contributed by atoms with Crippen molar-refractivity contribution in [2.24, 2.45) is 22.2 Å². The van der Waals surface area contributed by atoms with Crippen LogP contribution in [0, 0.1) is 0 Å². The summed E-state index contributed by atoms with van der Waals surface area (Å²) in [6.07, 6.45) is 3.24. The van der Waals surface area contributed by atoms with Crippen molar-refractivity contribution in [3.63, 3.8) is 0 Å². The molecule has 0 bridgehead atoms. The van der Waals surface area contributed by atoms with Gasteiger partial charge in [0.2, 0.25) is 17.7 Å². The summed E-state index contributed by atoms with van der Waals surface area (Å²) in [7, 11) is 0. The van der Waals surface area contributed by atoms with Gasteiger partial charge in [0, 0.05) is 31.3 Å². The van der Waals surface area contributed by atoms with Crippen molar-refractivity contribution in [1.29, 1.82) is 0 Å². The molecule has 15 nitrogen and oxygen atoms in total.